The minimum Gasteiger partial charge on any atom is -0.461 e. The van der Waals surface area contributed by atoms with E-state index in [1.807, 2.05) is 24.3 Å². The molecule has 2 aromatic carbocycles. The first kappa shape index (κ1) is 25.4. The quantitative estimate of drug-likeness (QED) is 0.367. The van der Waals surface area contributed by atoms with Gasteiger partial charge in [0.15, 0.2) is 15.7 Å². The number of fused-ring (bicyclic) bond motifs is 1. The molecule has 196 valence electrons. The van der Waals surface area contributed by atoms with Gasteiger partial charge in [-0.15, -0.1) is 0 Å². The van der Waals surface area contributed by atoms with Crippen LogP contribution >= 0.6 is 0 Å². The van der Waals surface area contributed by atoms with Crippen LogP contribution in [0.3, 0.4) is 0 Å². The fraction of sp³-hybridized carbons (Fsp3) is 0.259. The van der Waals surface area contributed by atoms with E-state index in [2.05, 4.69) is 15.0 Å². The van der Waals surface area contributed by atoms with E-state index in [1.54, 1.807) is 29.3 Å². The Bertz CT molecular complexity index is 1620. The maximum atomic E-state index is 12.6. The summed E-state index contributed by atoms with van der Waals surface area (Å²) >= 11 is 0. The SMILES string of the molecule is CC(=O)O[C@@H]1C[C@H](c2cc3[nH]c(-c4ccccn4)nc3cc2Oc2ccc(S(C)(=O)=O)cc2)N(C(C)=O)C1. The van der Waals surface area contributed by atoms with Crippen molar-refractivity contribution < 1.29 is 27.5 Å². The molecular formula is C27H26N4O6S. The van der Waals surface area contributed by atoms with E-state index in [4.69, 9.17) is 9.47 Å². The van der Waals surface area contributed by atoms with Gasteiger partial charge in [-0.1, -0.05) is 6.07 Å². The first-order valence-electron chi connectivity index (χ1n) is 12.0. The zero-order valence-electron chi connectivity index (χ0n) is 21.0. The van der Waals surface area contributed by atoms with Crippen molar-refractivity contribution in [3.63, 3.8) is 0 Å². The molecule has 1 fully saturated rings. The summed E-state index contributed by atoms with van der Waals surface area (Å²) in [5.41, 5.74) is 2.72. The average molecular weight is 535 g/mol. The van der Waals surface area contributed by atoms with Crippen molar-refractivity contribution in [2.45, 2.75) is 37.3 Å². The third-order valence-electron chi connectivity index (χ3n) is 6.36. The van der Waals surface area contributed by atoms with Gasteiger partial charge < -0.3 is 19.4 Å². The fourth-order valence-electron chi connectivity index (χ4n) is 4.67. The number of likely N-dealkylation sites (tertiary alicyclic amines) is 1. The van der Waals surface area contributed by atoms with Gasteiger partial charge in [-0.25, -0.2) is 13.4 Å². The maximum Gasteiger partial charge on any atom is 0.302 e. The summed E-state index contributed by atoms with van der Waals surface area (Å²) in [6.07, 6.45) is 2.77. The molecule has 0 saturated carbocycles. The molecule has 0 spiro atoms. The summed E-state index contributed by atoms with van der Waals surface area (Å²) in [5, 5.41) is 0. The standard InChI is InChI=1S/C27H26N4O6S/c1-16(32)31-15-19(36-17(2)33)12-25(31)21-13-23-24(30-27(29-23)22-6-4-5-11-28-22)14-26(21)37-18-7-9-20(10-8-18)38(3,34)35/h4-11,13-14,19,25H,12,15H2,1-3H3,(H,29,30)/t19-,25-/m1/s1. The van der Waals surface area contributed by atoms with Gasteiger partial charge >= 0.3 is 5.97 Å². The molecule has 1 aliphatic heterocycles. The number of ether oxygens (including phenoxy) is 2. The number of aromatic nitrogens is 3. The Morgan fingerprint density at radius 2 is 1.84 bits per heavy atom. The van der Waals surface area contributed by atoms with E-state index in [9.17, 15) is 18.0 Å². The Balaban J connectivity index is 1.60. The highest BCUT2D eigenvalue weighted by Crippen LogP contribution is 2.42. The maximum absolute atomic E-state index is 12.6. The van der Waals surface area contributed by atoms with Gasteiger partial charge in [-0.2, -0.15) is 0 Å². The lowest BCUT2D eigenvalue weighted by Crippen LogP contribution is -2.30. The zero-order valence-corrected chi connectivity index (χ0v) is 21.9. The van der Waals surface area contributed by atoms with Crippen LogP contribution in [-0.2, 0) is 24.2 Å². The number of carbonyl (C=O) groups is 2. The third-order valence-corrected chi connectivity index (χ3v) is 7.49. The van der Waals surface area contributed by atoms with Crippen molar-refractivity contribution in [2.75, 3.05) is 12.8 Å². The van der Waals surface area contributed by atoms with Crippen molar-refractivity contribution in [3.8, 4) is 23.0 Å². The Hall–Kier alpha value is -4.25. The predicted octanol–water partition coefficient (Wildman–Crippen LogP) is 4.05. The van der Waals surface area contributed by atoms with Gasteiger partial charge in [-0.05, 0) is 42.5 Å². The number of hydrogen-bond acceptors (Lipinski definition) is 8. The van der Waals surface area contributed by atoms with Crippen molar-refractivity contribution in [1.29, 1.82) is 0 Å². The second-order valence-electron chi connectivity index (χ2n) is 9.21. The molecule has 0 unspecified atom stereocenters. The number of pyridine rings is 1. The molecule has 4 aromatic rings. The van der Waals surface area contributed by atoms with E-state index in [0.717, 1.165) is 11.8 Å². The Morgan fingerprint density at radius 1 is 1.08 bits per heavy atom. The number of benzene rings is 2. The Labute approximate surface area is 219 Å². The summed E-state index contributed by atoms with van der Waals surface area (Å²) in [5.74, 6) is 0.872. The van der Waals surface area contributed by atoms with Gasteiger partial charge in [0.1, 0.15) is 23.3 Å². The minimum atomic E-state index is -3.36. The molecule has 2 aromatic heterocycles. The normalized spacial score (nSPS) is 17.5. The van der Waals surface area contributed by atoms with Gasteiger partial charge in [0.25, 0.3) is 0 Å². The first-order chi connectivity index (χ1) is 18.1. The second kappa shape index (κ2) is 9.90. The number of sulfone groups is 1. The van der Waals surface area contributed by atoms with Crippen LogP contribution < -0.4 is 4.74 Å². The lowest BCUT2D eigenvalue weighted by Gasteiger charge is -2.25. The number of imidazole rings is 1. The second-order valence-corrected chi connectivity index (χ2v) is 11.2. The highest BCUT2D eigenvalue weighted by molar-refractivity contribution is 7.90. The monoisotopic (exact) mass is 534 g/mol. The van der Waals surface area contributed by atoms with Crippen LogP contribution in [-0.4, -0.2) is 59.1 Å². The van der Waals surface area contributed by atoms with Crippen LogP contribution in [0.5, 0.6) is 11.5 Å². The van der Waals surface area contributed by atoms with Crippen LogP contribution in [0.2, 0.25) is 0 Å². The van der Waals surface area contributed by atoms with Gasteiger partial charge in [0.05, 0.1) is 28.5 Å². The largest absolute Gasteiger partial charge is 0.461 e. The summed E-state index contributed by atoms with van der Waals surface area (Å²) in [6, 6.07) is 14.9. The van der Waals surface area contributed by atoms with Crippen LogP contribution in [0.25, 0.3) is 22.6 Å². The highest BCUT2D eigenvalue weighted by Gasteiger charge is 2.38. The Morgan fingerprint density at radius 3 is 2.47 bits per heavy atom. The van der Waals surface area contributed by atoms with Crippen LogP contribution in [0.4, 0.5) is 0 Å². The van der Waals surface area contributed by atoms with Crippen molar-refractivity contribution in [1.82, 2.24) is 19.9 Å². The average Bonchev–Trinajstić information content (AvgIpc) is 3.47. The molecule has 0 aliphatic carbocycles. The number of aromatic amines is 1. The topological polar surface area (TPSA) is 132 Å². The number of nitrogens with zero attached hydrogens (tertiary/aromatic N) is 3. The van der Waals surface area contributed by atoms with Crippen LogP contribution in [0.1, 0.15) is 31.9 Å². The molecule has 1 N–H and O–H groups in total. The molecule has 11 heteroatoms. The summed E-state index contributed by atoms with van der Waals surface area (Å²) in [7, 11) is -3.36. The molecule has 1 saturated heterocycles. The summed E-state index contributed by atoms with van der Waals surface area (Å²) < 4.78 is 35.4. The molecule has 5 rings (SSSR count). The highest BCUT2D eigenvalue weighted by atomic mass is 32.2. The third kappa shape index (κ3) is 5.23. The van der Waals surface area contributed by atoms with Crippen LogP contribution in [0.15, 0.2) is 65.7 Å². The summed E-state index contributed by atoms with van der Waals surface area (Å²) in [4.78, 5) is 38.4. The minimum absolute atomic E-state index is 0.160. The number of hydrogen-bond donors (Lipinski definition) is 1. The van der Waals surface area contributed by atoms with E-state index < -0.39 is 28.0 Å². The summed E-state index contributed by atoms with van der Waals surface area (Å²) in [6.45, 7) is 3.08. The Kier molecular flexibility index (Phi) is 6.62. The van der Waals surface area contributed by atoms with E-state index in [1.165, 1.54) is 26.0 Å². The van der Waals surface area contributed by atoms with Gasteiger partial charge in [-0.3, -0.25) is 14.6 Å². The molecular weight excluding hydrogens is 508 g/mol. The number of esters is 1. The molecule has 2 atom stereocenters. The molecule has 1 aliphatic rings. The molecule has 1 amide bonds. The van der Waals surface area contributed by atoms with Crippen LogP contribution in [0, 0.1) is 0 Å². The van der Waals surface area contributed by atoms with Gasteiger partial charge in [0, 0.05) is 44.4 Å². The number of amides is 1. The number of H-pyrrole nitrogens is 1. The number of carbonyl (C=O) groups excluding carboxylic acids is 2. The van der Waals surface area contributed by atoms with E-state index in [-0.39, 0.29) is 17.3 Å². The molecule has 0 bridgehead atoms. The number of nitrogens with one attached hydrogen (secondary N) is 1. The molecule has 0 radical (unpaired) electrons. The zero-order chi connectivity index (χ0) is 27.0. The smallest absolute Gasteiger partial charge is 0.302 e. The number of rotatable bonds is 6. The lowest BCUT2D eigenvalue weighted by molar-refractivity contribution is -0.146. The molecule has 10 nitrogen and oxygen atoms in total. The van der Waals surface area contributed by atoms with Crippen molar-refractivity contribution in [2.24, 2.45) is 0 Å². The molecule has 3 heterocycles. The van der Waals surface area contributed by atoms with E-state index in [0.29, 0.717) is 40.5 Å². The van der Waals surface area contributed by atoms with E-state index >= 15 is 0 Å². The van der Waals surface area contributed by atoms with Crippen molar-refractivity contribution >= 4 is 32.7 Å². The first-order valence-corrected chi connectivity index (χ1v) is 13.8. The fourth-order valence-corrected chi connectivity index (χ4v) is 5.30. The predicted molar refractivity (Wildman–Crippen MR) is 139 cm³/mol. The van der Waals surface area contributed by atoms with Crippen molar-refractivity contribution in [3.05, 3.63) is 66.4 Å². The van der Waals surface area contributed by atoms with Gasteiger partial charge in [0.2, 0.25) is 5.91 Å². The lowest BCUT2D eigenvalue weighted by atomic mass is 10.0. The molecule has 38 heavy (non-hydrogen) atoms.